The molecule has 2 aromatic carbocycles. The Morgan fingerprint density at radius 1 is 1.17 bits per heavy atom. The minimum absolute atomic E-state index is 0.0852. The summed E-state index contributed by atoms with van der Waals surface area (Å²) in [4.78, 5) is 38.4. The number of carbonyl (C=O) groups is 2. The number of carbonyl (C=O) groups excluding carboxylic acids is 2. The first-order valence-electron chi connectivity index (χ1n) is 11.5. The van der Waals surface area contributed by atoms with Crippen molar-refractivity contribution in [3.8, 4) is 0 Å². The zero-order valence-electron chi connectivity index (χ0n) is 19.9. The molecular formula is C25H27ClN6O2S. The van der Waals surface area contributed by atoms with Gasteiger partial charge in [-0.1, -0.05) is 22.9 Å². The van der Waals surface area contributed by atoms with Crippen LogP contribution in [0.25, 0.3) is 21.3 Å². The Morgan fingerprint density at radius 3 is 2.80 bits per heavy atom. The van der Waals surface area contributed by atoms with Crippen LogP contribution in [0.15, 0.2) is 36.4 Å². The quantitative estimate of drug-likeness (QED) is 0.367. The highest BCUT2D eigenvalue weighted by molar-refractivity contribution is 7.22. The molecule has 1 aliphatic heterocycles. The first-order chi connectivity index (χ1) is 16.8. The van der Waals surface area contributed by atoms with Crippen LogP contribution in [-0.2, 0) is 11.8 Å². The number of aromatic nitrogens is 3. The lowest BCUT2D eigenvalue weighted by atomic mass is 9.97. The summed E-state index contributed by atoms with van der Waals surface area (Å²) < 4.78 is 2.95. The summed E-state index contributed by atoms with van der Waals surface area (Å²) in [5.74, 6) is 1.05. The Bertz CT molecular complexity index is 1430. The number of Topliss-reactive ketones (excluding diaryl/α,β-unsaturated/α-hetero) is 1. The summed E-state index contributed by atoms with van der Waals surface area (Å²) in [7, 11) is 5.71. The predicted molar refractivity (Wildman–Crippen MR) is 141 cm³/mol. The van der Waals surface area contributed by atoms with Crippen molar-refractivity contribution in [2.45, 2.75) is 12.8 Å². The van der Waals surface area contributed by atoms with Gasteiger partial charge < -0.3 is 19.7 Å². The second-order valence-corrected chi connectivity index (χ2v) is 10.8. The molecule has 1 atom stereocenters. The van der Waals surface area contributed by atoms with Gasteiger partial charge >= 0.3 is 0 Å². The van der Waals surface area contributed by atoms with E-state index in [9.17, 15) is 9.59 Å². The zero-order chi connectivity index (χ0) is 24.7. The average Bonchev–Trinajstić information content (AvgIpc) is 3.51. The summed E-state index contributed by atoms with van der Waals surface area (Å²) in [6.07, 6.45) is 1.29. The minimum atomic E-state index is 0.0852. The molecular weight excluding hydrogens is 484 g/mol. The Morgan fingerprint density at radius 2 is 2.00 bits per heavy atom. The number of hydrogen-bond acceptors (Lipinski definition) is 7. The van der Waals surface area contributed by atoms with E-state index in [1.54, 1.807) is 0 Å². The van der Waals surface area contributed by atoms with Gasteiger partial charge in [-0.3, -0.25) is 9.59 Å². The molecule has 5 rings (SSSR count). The van der Waals surface area contributed by atoms with Crippen molar-refractivity contribution in [3.63, 3.8) is 0 Å². The first-order valence-corrected chi connectivity index (χ1v) is 12.7. The molecule has 35 heavy (non-hydrogen) atoms. The maximum atomic E-state index is 13.0. The Kier molecular flexibility index (Phi) is 6.48. The number of hydrogen-bond donors (Lipinski definition) is 1. The molecule has 2 aromatic heterocycles. The largest absolute Gasteiger partial charge is 0.341 e. The Balaban J connectivity index is 1.29. The number of likely N-dealkylation sites (N-methyl/N-ethyl adjacent to an activating group) is 1. The van der Waals surface area contributed by atoms with Crippen LogP contribution in [0.1, 0.15) is 23.2 Å². The van der Waals surface area contributed by atoms with Crippen LogP contribution >= 0.6 is 22.9 Å². The van der Waals surface area contributed by atoms with Crippen LogP contribution in [0.3, 0.4) is 0 Å². The number of ketones is 1. The molecule has 0 aliphatic carbocycles. The molecule has 10 heteroatoms. The van der Waals surface area contributed by atoms with Gasteiger partial charge in [0.1, 0.15) is 0 Å². The highest BCUT2D eigenvalue weighted by atomic mass is 35.5. The molecule has 0 spiro atoms. The number of nitrogens with one attached hydrogen (secondary N) is 1. The van der Waals surface area contributed by atoms with E-state index in [2.05, 4.69) is 10.3 Å². The molecule has 0 saturated carbocycles. The lowest BCUT2D eigenvalue weighted by Crippen LogP contribution is -2.36. The highest BCUT2D eigenvalue weighted by Gasteiger charge is 2.28. The standard InChI is InChI=1S/C25H27ClN6O2S/c1-30(2)14-23(34)32-9-8-15(13-32)10-21(33)16-4-7-20-19(11-16)27-24(31(20)3)29-25-28-18-6-5-17(26)12-22(18)35-25/h4-7,11-12,15H,8-10,13-14H2,1-3H3,(H,27,28,29)/t15-/m0/s1. The van der Waals surface area contributed by atoms with E-state index >= 15 is 0 Å². The van der Waals surface area contributed by atoms with Crippen LogP contribution in [0.4, 0.5) is 11.1 Å². The van der Waals surface area contributed by atoms with Crippen LogP contribution < -0.4 is 5.32 Å². The van der Waals surface area contributed by atoms with Gasteiger partial charge in [0.05, 0.1) is 27.8 Å². The smallest absolute Gasteiger partial charge is 0.236 e. The molecule has 0 bridgehead atoms. The van der Waals surface area contributed by atoms with E-state index in [4.69, 9.17) is 16.6 Å². The van der Waals surface area contributed by atoms with E-state index in [1.165, 1.54) is 11.3 Å². The number of nitrogens with zero attached hydrogens (tertiary/aromatic N) is 5. The van der Waals surface area contributed by atoms with Crippen LogP contribution in [0.5, 0.6) is 0 Å². The molecule has 3 heterocycles. The van der Waals surface area contributed by atoms with Crippen LogP contribution in [-0.4, -0.2) is 69.8 Å². The van der Waals surface area contributed by atoms with Gasteiger partial charge in [-0.25, -0.2) is 9.97 Å². The summed E-state index contributed by atoms with van der Waals surface area (Å²) >= 11 is 7.61. The second-order valence-electron chi connectivity index (χ2n) is 9.31. The van der Waals surface area contributed by atoms with Crippen LogP contribution in [0.2, 0.25) is 5.02 Å². The molecule has 1 aliphatic rings. The molecule has 1 N–H and O–H groups in total. The van der Waals surface area contributed by atoms with Crippen molar-refractivity contribution < 1.29 is 9.59 Å². The van der Waals surface area contributed by atoms with Gasteiger partial charge in [0.15, 0.2) is 10.9 Å². The predicted octanol–water partition coefficient (Wildman–Crippen LogP) is 4.56. The highest BCUT2D eigenvalue weighted by Crippen LogP contribution is 2.31. The average molecular weight is 511 g/mol. The SMILES string of the molecule is CN(C)CC(=O)N1CC[C@@H](CC(=O)c2ccc3c(c2)nc(Nc2nc4ccc(Cl)cc4s2)n3C)C1. The van der Waals surface area contributed by atoms with Crippen molar-refractivity contribution >= 4 is 67.0 Å². The molecule has 8 nitrogen and oxygen atoms in total. The van der Waals surface area contributed by atoms with Gasteiger partial charge in [-0.05, 0) is 62.8 Å². The maximum absolute atomic E-state index is 13.0. The van der Waals surface area contributed by atoms with Crippen molar-refractivity contribution in [2.24, 2.45) is 13.0 Å². The van der Waals surface area contributed by atoms with Crippen molar-refractivity contribution in [1.82, 2.24) is 24.3 Å². The molecule has 1 saturated heterocycles. The summed E-state index contributed by atoms with van der Waals surface area (Å²) in [5.41, 5.74) is 3.20. The molecule has 182 valence electrons. The fourth-order valence-corrected chi connectivity index (χ4v) is 5.64. The lowest BCUT2D eigenvalue weighted by Gasteiger charge is -2.19. The molecule has 4 aromatic rings. The van der Waals surface area contributed by atoms with Gasteiger partial charge in [-0.15, -0.1) is 0 Å². The second kappa shape index (κ2) is 9.56. The third-order valence-electron chi connectivity index (χ3n) is 6.34. The molecule has 1 fully saturated rings. The number of fused-ring (bicyclic) bond motifs is 2. The zero-order valence-corrected chi connectivity index (χ0v) is 21.5. The van der Waals surface area contributed by atoms with Crippen molar-refractivity contribution in [3.05, 3.63) is 47.0 Å². The normalized spacial score (nSPS) is 16.0. The molecule has 1 amide bonds. The van der Waals surface area contributed by atoms with Gasteiger partial charge in [0.2, 0.25) is 11.9 Å². The number of rotatable bonds is 7. The number of aryl methyl sites for hydroxylation is 1. The number of amides is 1. The lowest BCUT2D eigenvalue weighted by molar-refractivity contribution is -0.130. The molecule has 0 unspecified atom stereocenters. The number of likely N-dealkylation sites (tertiary alicyclic amines) is 1. The monoisotopic (exact) mass is 510 g/mol. The van der Waals surface area contributed by atoms with E-state index in [-0.39, 0.29) is 17.6 Å². The Hall–Kier alpha value is -3.01. The first kappa shape index (κ1) is 23.7. The van der Waals surface area contributed by atoms with Gasteiger partial charge in [0.25, 0.3) is 0 Å². The Labute approximate surface area is 212 Å². The third kappa shape index (κ3) is 5.03. The summed E-state index contributed by atoms with van der Waals surface area (Å²) in [5, 5.41) is 4.70. The maximum Gasteiger partial charge on any atom is 0.236 e. The number of benzene rings is 2. The fraction of sp³-hybridized carbons (Fsp3) is 0.360. The number of halogens is 1. The number of thiazole rings is 1. The van der Waals surface area contributed by atoms with E-state index in [1.807, 2.05) is 71.9 Å². The number of anilines is 2. The van der Waals surface area contributed by atoms with Crippen molar-refractivity contribution in [2.75, 3.05) is 39.0 Å². The van der Waals surface area contributed by atoms with E-state index in [0.29, 0.717) is 36.0 Å². The fourth-order valence-electron chi connectivity index (χ4n) is 4.51. The van der Waals surface area contributed by atoms with E-state index < -0.39 is 0 Å². The topological polar surface area (TPSA) is 83.4 Å². The number of imidazole rings is 1. The summed E-state index contributed by atoms with van der Waals surface area (Å²) in [6.45, 7) is 1.76. The minimum Gasteiger partial charge on any atom is -0.341 e. The molecule has 0 radical (unpaired) electrons. The van der Waals surface area contributed by atoms with Crippen LogP contribution in [0, 0.1) is 5.92 Å². The third-order valence-corrected chi connectivity index (χ3v) is 7.50. The summed E-state index contributed by atoms with van der Waals surface area (Å²) in [6, 6.07) is 11.3. The van der Waals surface area contributed by atoms with Gasteiger partial charge in [0, 0.05) is 37.1 Å². The van der Waals surface area contributed by atoms with Gasteiger partial charge in [-0.2, -0.15) is 0 Å². The van der Waals surface area contributed by atoms with E-state index in [0.717, 1.165) is 39.3 Å². The van der Waals surface area contributed by atoms with Crippen molar-refractivity contribution in [1.29, 1.82) is 0 Å².